The van der Waals surface area contributed by atoms with Crippen molar-refractivity contribution in [3.05, 3.63) is 108 Å². The number of allylic oxidation sites excluding steroid dienone is 1. The summed E-state index contributed by atoms with van der Waals surface area (Å²) in [4.78, 5) is 18.3. The van der Waals surface area contributed by atoms with E-state index in [1.165, 1.54) is 7.11 Å². The highest BCUT2D eigenvalue weighted by Gasteiger charge is 2.18. The fraction of sp³-hybridized carbons (Fsp3) is 0.0667. The van der Waals surface area contributed by atoms with Crippen LogP contribution in [-0.4, -0.2) is 22.0 Å². The van der Waals surface area contributed by atoms with E-state index in [-0.39, 0.29) is 5.97 Å². The molecule has 5 rings (SSSR count). The molecule has 1 aromatic heterocycles. The normalized spacial score (nSPS) is 11.4. The average Bonchev–Trinajstić information content (AvgIpc) is 3.26. The number of carbonyl (C=O) groups excluding carboxylic acids is 1. The van der Waals surface area contributed by atoms with Crippen LogP contribution < -0.4 is 0 Å². The van der Waals surface area contributed by atoms with Gasteiger partial charge in [0.05, 0.1) is 23.7 Å². The number of methoxy groups -OCH3 is 1. The first-order valence-corrected chi connectivity index (χ1v) is 12.1. The van der Waals surface area contributed by atoms with Crippen LogP contribution in [0.15, 0.2) is 96.4 Å². The molecule has 1 heterocycles. The van der Waals surface area contributed by atoms with E-state index in [9.17, 15) is 4.79 Å². The number of carbonyl (C=O) groups is 1. The Morgan fingerprint density at radius 1 is 1.00 bits per heavy atom. The van der Waals surface area contributed by atoms with Crippen LogP contribution in [0.2, 0.25) is 0 Å². The molecular weight excluding hydrogens is 452 g/mol. The molecule has 4 nitrogen and oxygen atoms in total. The van der Waals surface area contributed by atoms with Gasteiger partial charge in [0.15, 0.2) is 5.82 Å². The molecule has 0 fully saturated rings. The number of hydrogen-bond donors (Lipinski definition) is 0. The number of ether oxygens (including phenoxy) is 1. The predicted octanol–water partition coefficient (Wildman–Crippen LogP) is 7.87. The molecule has 0 saturated carbocycles. The molecule has 0 aliphatic heterocycles. The van der Waals surface area contributed by atoms with Crippen LogP contribution in [0.1, 0.15) is 28.4 Å². The zero-order valence-corrected chi connectivity index (χ0v) is 20.4. The number of imidazole rings is 1. The lowest BCUT2D eigenvalue weighted by atomic mass is 10.0. The number of benzene rings is 4. The second kappa shape index (κ2) is 9.65. The third-order valence-electron chi connectivity index (χ3n) is 5.89. The fourth-order valence-electron chi connectivity index (χ4n) is 4.20. The minimum atomic E-state index is -0.374. The van der Waals surface area contributed by atoms with Crippen LogP contribution in [0.4, 0.5) is 0 Å². The first kappa shape index (κ1) is 22.7. The summed E-state index contributed by atoms with van der Waals surface area (Å²) >= 11 is 1.57. The second-order valence-electron chi connectivity index (χ2n) is 8.04. The molecule has 0 unspecified atom stereocenters. The number of hydrogen-bond acceptors (Lipinski definition) is 4. The van der Waals surface area contributed by atoms with Gasteiger partial charge in [-0.2, -0.15) is 0 Å². The van der Waals surface area contributed by atoms with E-state index in [0.717, 1.165) is 49.2 Å². The van der Waals surface area contributed by atoms with E-state index in [4.69, 9.17) is 9.72 Å². The summed E-state index contributed by atoms with van der Waals surface area (Å²) in [5, 5.41) is 2.27. The van der Waals surface area contributed by atoms with Crippen molar-refractivity contribution in [3.63, 3.8) is 0 Å². The lowest BCUT2D eigenvalue weighted by molar-refractivity contribution is 0.0601. The summed E-state index contributed by atoms with van der Waals surface area (Å²) in [6.07, 6.45) is 5.96. The summed E-state index contributed by atoms with van der Waals surface area (Å²) in [7, 11) is 1.39. The van der Waals surface area contributed by atoms with Gasteiger partial charge >= 0.3 is 5.97 Å². The summed E-state index contributed by atoms with van der Waals surface area (Å²) < 4.78 is 7.06. The number of fused-ring (bicyclic) bond motifs is 2. The molecule has 0 saturated heterocycles. The van der Waals surface area contributed by atoms with Gasteiger partial charge < -0.3 is 4.74 Å². The van der Waals surface area contributed by atoms with E-state index in [1.807, 2.05) is 49.4 Å². The first-order chi connectivity index (χ1) is 17.1. The molecule has 0 bridgehead atoms. The van der Waals surface area contributed by atoms with Crippen LogP contribution in [0, 0.1) is 0 Å². The van der Waals surface area contributed by atoms with E-state index in [0.29, 0.717) is 5.56 Å². The maximum absolute atomic E-state index is 12.3. The van der Waals surface area contributed by atoms with Crippen molar-refractivity contribution in [2.45, 2.75) is 11.8 Å². The third kappa shape index (κ3) is 4.27. The van der Waals surface area contributed by atoms with Gasteiger partial charge in [0.2, 0.25) is 0 Å². The van der Waals surface area contributed by atoms with Gasteiger partial charge in [0.25, 0.3) is 0 Å². The quantitative estimate of drug-likeness (QED) is 0.234. The zero-order valence-electron chi connectivity index (χ0n) is 19.6. The topological polar surface area (TPSA) is 44.1 Å². The lowest BCUT2D eigenvalue weighted by Crippen LogP contribution is -2.01. The number of esters is 1. The molecule has 0 aliphatic carbocycles. The minimum Gasteiger partial charge on any atom is -0.465 e. The standard InChI is InChI=1S/C30H24N2O2S/c1-4-9-21-14-16-24(18-20(21)5-2)35-32-28-19-23(30(33)34-3)15-17-27(28)31-29(32)26-13-8-11-22-10-6-7-12-25(22)26/h4-19H,2H2,1,3H3/b9-4-. The maximum atomic E-state index is 12.3. The van der Waals surface area contributed by atoms with Gasteiger partial charge in [-0.25, -0.2) is 9.78 Å². The molecule has 172 valence electrons. The van der Waals surface area contributed by atoms with E-state index >= 15 is 0 Å². The Balaban J connectivity index is 1.74. The fourth-order valence-corrected chi connectivity index (χ4v) is 5.19. The number of rotatable bonds is 6. The molecule has 0 aliphatic rings. The molecule has 5 heteroatoms. The van der Waals surface area contributed by atoms with Gasteiger partial charge in [-0.15, -0.1) is 0 Å². The molecule has 0 radical (unpaired) electrons. The van der Waals surface area contributed by atoms with Crippen molar-refractivity contribution < 1.29 is 9.53 Å². The Hall–Kier alpha value is -4.09. The largest absolute Gasteiger partial charge is 0.465 e. The molecule has 4 aromatic carbocycles. The predicted molar refractivity (Wildman–Crippen MR) is 147 cm³/mol. The van der Waals surface area contributed by atoms with E-state index < -0.39 is 0 Å². The van der Waals surface area contributed by atoms with Gasteiger partial charge in [-0.05, 0) is 71.1 Å². The van der Waals surface area contributed by atoms with Gasteiger partial charge in [-0.1, -0.05) is 73.3 Å². The molecule has 0 N–H and O–H groups in total. The Labute approximate surface area is 208 Å². The molecule has 35 heavy (non-hydrogen) atoms. The lowest BCUT2D eigenvalue weighted by Gasteiger charge is -2.12. The smallest absolute Gasteiger partial charge is 0.337 e. The zero-order chi connectivity index (χ0) is 24.4. The monoisotopic (exact) mass is 476 g/mol. The molecular formula is C30H24N2O2S. The Bertz CT molecular complexity index is 1610. The molecule has 0 atom stereocenters. The molecule has 0 spiro atoms. The highest BCUT2D eigenvalue weighted by Crippen LogP contribution is 2.37. The van der Waals surface area contributed by atoms with Crippen molar-refractivity contribution >= 4 is 51.9 Å². The van der Waals surface area contributed by atoms with Crippen LogP contribution in [0.3, 0.4) is 0 Å². The molecule has 0 amide bonds. The van der Waals surface area contributed by atoms with E-state index in [1.54, 1.807) is 18.0 Å². The van der Waals surface area contributed by atoms with Crippen molar-refractivity contribution in [1.29, 1.82) is 0 Å². The van der Waals surface area contributed by atoms with Crippen LogP contribution >= 0.6 is 11.9 Å². The summed E-state index contributed by atoms with van der Waals surface area (Å²) in [6.45, 7) is 5.99. The van der Waals surface area contributed by atoms with Gasteiger partial charge in [-0.3, -0.25) is 3.97 Å². The van der Waals surface area contributed by atoms with Gasteiger partial charge in [0, 0.05) is 10.5 Å². The minimum absolute atomic E-state index is 0.374. The van der Waals surface area contributed by atoms with Gasteiger partial charge in [0.1, 0.15) is 0 Å². The third-order valence-corrected chi connectivity index (χ3v) is 6.90. The van der Waals surface area contributed by atoms with Crippen molar-refractivity contribution in [3.8, 4) is 11.4 Å². The highest BCUT2D eigenvalue weighted by atomic mass is 32.2. The highest BCUT2D eigenvalue weighted by molar-refractivity contribution is 7.98. The molecule has 5 aromatic rings. The number of aromatic nitrogens is 2. The summed E-state index contributed by atoms with van der Waals surface area (Å²) in [6, 6.07) is 26.3. The van der Waals surface area contributed by atoms with Crippen molar-refractivity contribution in [1.82, 2.24) is 8.96 Å². The Morgan fingerprint density at radius 2 is 1.83 bits per heavy atom. The summed E-state index contributed by atoms with van der Waals surface area (Å²) in [5.41, 5.74) is 5.34. The van der Waals surface area contributed by atoms with Crippen molar-refractivity contribution in [2.24, 2.45) is 0 Å². The van der Waals surface area contributed by atoms with Crippen molar-refractivity contribution in [2.75, 3.05) is 7.11 Å². The van der Waals surface area contributed by atoms with E-state index in [2.05, 4.69) is 59.1 Å². The number of nitrogens with zero attached hydrogens (tertiary/aromatic N) is 2. The SMILES string of the molecule is C=Cc1cc(Sn2c(-c3cccc4ccccc34)nc3ccc(C(=O)OC)cc32)ccc1/C=C\C. The second-order valence-corrected chi connectivity index (χ2v) is 9.06. The van der Waals surface area contributed by atoms with Crippen LogP contribution in [0.5, 0.6) is 0 Å². The maximum Gasteiger partial charge on any atom is 0.337 e. The van der Waals surface area contributed by atoms with Crippen LogP contribution in [-0.2, 0) is 4.74 Å². The Morgan fingerprint density at radius 3 is 2.63 bits per heavy atom. The van der Waals surface area contributed by atoms with Crippen LogP contribution in [0.25, 0.3) is 45.3 Å². The summed E-state index contributed by atoms with van der Waals surface area (Å²) in [5.74, 6) is 0.447. The average molecular weight is 477 g/mol. The first-order valence-electron chi connectivity index (χ1n) is 11.3. The Kier molecular flexibility index (Phi) is 6.25.